The molecule has 0 N–H and O–H groups in total. The quantitative estimate of drug-likeness (QED) is 0.860. The first-order valence-corrected chi connectivity index (χ1v) is 7.45. The van der Waals surface area contributed by atoms with Crippen LogP contribution in [-0.4, -0.2) is 22.3 Å². The largest absolute Gasteiger partial charge is 0.333 e. The molecule has 1 atom stereocenters. The van der Waals surface area contributed by atoms with Gasteiger partial charge in [-0.1, -0.05) is 30.3 Å². The second-order valence-corrected chi connectivity index (χ2v) is 5.70. The summed E-state index contributed by atoms with van der Waals surface area (Å²) < 4.78 is 0. The molecule has 1 unspecified atom stereocenters. The van der Waals surface area contributed by atoms with Gasteiger partial charge in [0.05, 0.1) is 12.5 Å². The van der Waals surface area contributed by atoms with Crippen molar-refractivity contribution in [2.24, 2.45) is 0 Å². The van der Waals surface area contributed by atoms with Crippen LogP contribution in [0.25, 0.3) is 0 Å². The Bertz CT molecular complexity index is 539. The average Bonchev–Trinajstić information content (AvgIpc) is 3.10. The second-order valence-electron chi connectivity index (χ2n) is 4.78. The molecule has 1 fully saturated rings. The lowest BCUT2D eigenvalue weighted by Crippen LogP contribution is -2.31. The van der Waals surface area contributed by atoms with Crippen LogP contribution >= 0.6 is 11.3 Å². The summed E-state index contributed by atoms with van der Waals surface area (Å²) >= 11 is 1.64. The van der Waals surface area contributed by atoms with E-state index in [1.165, 1.54) is 0 Å². The highest BCUT2D eigenvalue weighted by Crippen LogP contribution is 2.33. The molecule has 0 radical (unpaired) electrons. The van der Waals surface area contributed by atoms with Crippen LogP contribution < -0.4 is 0 Å². The summed E-state index contributed by atoms with van der Waals surface area (Å²) in [7, 11) is 0. The summed E-state index contributed by atoms with van der Waals surface area (Å²) in [5.41, 5.74) is 1.08. The summed E-state index contributed by atoms with van der Waals surface area (Å²) in [6.45, 7) is 0.857. The third-order valence-corrected chi connectivity index (χ3v) is 4.38. The molecule has 1 amide bonds. The van der Waals surface area contributed by atoms with Gasteiger partial charge in [0.25, 0.3) is 0 Å². The van der Waals surface area contributed by atoms with E-state index in [0.29, 0.717) is 6.42 Å². The summed E-state index contributed by atoms with van der Waals surface area (Å²) in [5.74, 6) is 0.212. The SMILES string of the molecule is O=C(Cc1ccccc1)N1CCCC1c1nccs1. The Morgan fingerprint density at radius 2 is 2.21 bits per heavy atom. The number of benzene rings is 1. The number of likely N-dealkylation sites (tertiary alicyclic amines) is 1. The number of nitrogens with zero attached hydrogens (tertiary/aromatic N) is 2. The fraction of sp³-hybridized carbons (Fsp3) is 0.333. The molecule has 4 heteroatoms. The third-order valence-electron chi connectivity index (χ3n) is 3.51. The highest BCUT2D eigenvalue weighted by atomic mass is 32.1. The smallest absolute Gasteiger partial charge is 0.227 e. The van der Waals surface area contributed by atoms with Crippen molar-refractivity contribution in [2.45, 2.75) is 25.3 Å². The van der Waals surface area contributed by atoms with E-state index < -0.39 is 0 Å². The van der Waals surface area contributed by atoms with Crippen LogP contribution in [0.5, 0.6) is 0 Å². The molecule has 0 spiro atoms. The van der Waals surface area contributed by atoms with E-state index in [2.05, 4.69) is 4.98 Å². The van der Waals surface area contributed by atoms with Crippen LogP contribution in [0.1, 0.15) is 29.5 Å². The molecule has 98 valence electrons. The standard InChI is InChI=1S/C15H16N2OS/c18-14(11-12-5-2-1-3-6-12)17-9-4-7-13(17)15-16-8-10-19-15/h1-3,5-6,8,10,13H,4,7,9,11H2. The molecule has 3 rings (SSSR count). The van der Waals surface area contributed by atoms with Crippen molar-refractivity contribution in [3.63, 3.8) is 0 Å². The highest BCUT2D eigenvalue weighted by Gasteiger charge is 2.31. The zero-order chi connectivity index (χ0) is 13.1. The van der Waals surface area contributed by atoms with Crippen LogP contribution in [0.2, 0.25) is 0 Å². The monoisotopic (exact) mass is 272 g/mol. The lowest BCUT2D eigenvalue weighted by atomic mass is 10.1. The van der Waals surface area contributed by atoms with Crippen molar-refractivity contribution in [1.82, 2.24) is 9.88 Å². The number of hydrogen-bond donors (Lipinski definition) is 0. The molecule has 2 aromatic rings. The minimum atomic E-state index is 0.191. The van der Waals surface area contributed by atoms with Gasteiger partial charge < -0.3 is 4.90 Å². The van der Waals surface area contributed by atoms with Gasteiger partial charge in [-0.25, -0.2) is 4.98 Å². The zero-order valence-electron chi connectivity index (χ0n) is 10.7. The molecule has 1 aliphatic rings. The Morgan fingerprint density at radius 3 is 2.95 bits per heavy atom. The van der Waals surface area contributed by atoms with Gasteiger partial charge in [0.1, 0.15) is 5.01 Å². The molecule has 19 heavy (non-hydrogen) atoms. The van der Waals surface area contributed by atoms with Crippen LogP contribution in [0.3, 0.4) is 0 Å². The topological polar surface area (TPSA) is 33.2 Å². The highest BCUT2D eigenvalue weighted by molar-refractivity contribution is 7.09. The van der Waals surface area contributed by atoms with Crippen LogP contribution in [0.15, 0.2) is 41.9 Å². The summed E-state index contributed by atoms with van der Waals surface area (Å²) in [6.07, 6.45) is 4.42. The predicted octanol–water partition coefficient (Wildman–Crippen LogP) is 3.05. The lowest BCUT2D eigenvalue weighted by Gasteiger charge is -2.23. The van der Waals surface area contributed by atoms with Gasteiger partial charge in [0.2, 0.25) is 5.91 Å². The Hall–Kier alpha value is -1.68. The van der Waals surface area contributed by atoms with Crippen LogP contribution in [-0.2, 0) is 11.2 Å². The summed E-state index contributed by atoms with van der Waals surface area (Å²) in [6, 6.07) is 10.1. The molecule has 2 heterocycles. The van der Waals surface area contributed by atoms with Crippen molar-refractivity contribution in [2.75, 3.05) is 6.54 Å². The van der Waals surface area contributed by atoms with Gasteiger partial charge in [0, 0.05) is 18.1 Å². The minimum absolute atomic E-state index is 0.191. The Balaban J connectivity index is 1.72. The Labute approximate surface area is 116 Å². The lowest BCUT2D eigenvalue weighted by molar-refractivity contribution is -0.131. The van der Waals surface area contributed by atoms with Gasteiger partial charge >= 0.3 is 0 Å². The fourth-order valence-electron chi connectivity index (χ4n) is 2.59. The van der Waals surface area contributed by atoms with Crippen molar-refractivity contribution < 1.29 is 4.79 Å². The van der Waals surface area contributed by atoms with Crippen LogP contribution in [0, 0.1) is 0 Å². The minimum Gasteiger partial charge on any atom is -0.333 e. The van der Waals surface area contributed by atoms with Crippen molar-refractivity contribution in [3.8, 4) is 0 Å². The molecule has 1 saturated heterocycles. The van der Waals surface area contributed by atoms with Gasteiger partial charge in [-0.2, -0.15) is 0 Å². The summed E-state index contributed by atoms with van der Waals surface area (Å²) in [4.78, 5) is 18.8. The normalized spacial score (nSPS) is 18.7. The van der Waals surface area contributed by atoms with E-state index in [9.17, 15) is 4.79 Å². The maximum atomic E-state index is 12.4. The number of rotatable bonds is 3. The van der Waals surface area contributed by atoms with Crippen LogP contribution in [0.4, 0.5) is 0 Å². The van der Waals surface area contributed by atoms with Crippen molar-refractivity contribution in [3.05, 3.63) is 52.5 Å². The number of amides is 1. The Morgan fingerprint density at radius 1 is 1.37 bits per heavy atom. The van der Waals surface area contributed by atoms with Gasteiger partial charge in [-0.15, -0.1) is 11.3 Å². The molecule has 1 aliphatic heterocycles. The molecule has 0 aliphatic carbocycles. The molecule has 1 aromatic carbocycles. The van der Waals surface area contributed by atoms with E-state index in [1.54, 1.807) is 11.3 Å². The first-order valence-electron chi connectivity index (χ1n) is 6.57. The van der Waals surface area contributed by atoms with Crippen molar-refractivity contribution >= 4 is 17.2 Å². The fourth-order valence-corrected chi connectivity index (χ4v) is 3.38. The first kappa shape index (κ1) is 12.4. The predicted molar refractivity (Wildman–Crippen MR) is 75.9 cm³/mol. The zero-order valence-corrected chi connectivity index (χ0v) is 11.5. The molecular weight excluding hydrogens is 256 g/mol. The average molecular weight is 272 g/mol. The third kappa shape index (κ3) is 2.68. The van der Waals surface area contributed by atoms with Gasteiger partial charge in [-0.05, 0) is 18.4 Å². The molecule has 0 saturated carbocycles. The van der Waals surface area contributed by atoms with E-state index >= 15 is 0 Å². The second kappa shape index (κ2) is 5.53. The number of carbonyl (C=O) groups excluding carboxylic acids is 1. The number of hydrogen-bond acceptors (Lipinski definition) is 3. The van der Waals surface area contributed by atoms with E-state index in [1.807, 2.05) is 46.8 Å². The van der Waals surface area contributed by atoms with Gasteiger partial charge in [-0.3, -0.25) is 4.79 Å². The maximum absolute atomic E-state index is 12.4. The summed E-state index contributed by atoms with van der Waals surface area (Å²) in [5, 5.41) is 3.05. The van der Waals surface area contributed by atoms with Gasteiger partial charge in [0.15, 0.2) is 0 Å². The number of thiazole rings is 1. The maximum Gasteiger partial charge on any atom is 0.227 e. The van der Waals surface area contributed by atoms with Crippen molar-refractivity contribution in [1.29, 1.82) is 0 Å². The van der Waals surface area contributed by atoms with E-state index in [-0.39, 0.29) is 11.9 Å². The Kier molecular flexibility index (Phi) is 3.60. The molecule has 1 aromatic heterocycles. The first-order chi connectivity index (χ1) is 9.34. The number of carbonyl (C=O) groups is 1. The molecule has 0 bridgehead atoms. The number of aromatic nitrogens is 1. The molecule has 3 nitrogen and oxygen atoms in total. The molecular formula is C15H16N2OS. The van der Waals surface area contributed by atoms with E-state index in [0.717, 1.165) is 30.0 Å². The van der Waals surface area contributed by atoms with E-state index in [4.69, 9.17) is 0 Å².